The molecule has 0 bridgehead atoms. The van der Waals surface area contributed by atoms with Gasteiger partial charge in [-0.2, -0.15) is 5.26 Å². The minimum atomic E-state index is -0.780. The third-order valence-corrected chi connectivity index (χ3v) is 5.41. The van der Waals surface area contributed by atoms with Crippen molar-refractivity contribution in [3.63, 3.8) is 0 Å². The SMILES string of the molecule is CCCCn1c(C)cc(/C=C(\C#N)C(=O)OCCN2C(=O)c3ccccc3C2=O)c1C. The number of carbonyl (C=O) groups excluding carboxylic acids is 3. The number of imide groups is 1. The number of fused-ring (bicyclic) bond motifs is 1. The quantitative estimate of drug-likeness (QED) is 0.282. The van der Waals surface area contributed by atoms with Gasteiger partial charge in [0.15, 0.2) is 0 Å². The van der Waals surface area contributed by atoms with Crippen LogP contribution in [0.1, 0.15) is 57.4 Å². The first-order valence-electron chi connectivity index (χ1n) is 10.3. The lowest BCUT2D eigenvalue weighted by Crippen LogP contribution is -2.33. The first-order valence-corrected chi connectivity index (χ1v) is 10.3. The van der Waals surface area contributed by atoms with Crippen molar-refractivity contribution >= 4 is 23.9 Å². The Balaban J connectivity index is 1.64. The average Bonchev–Trinajstić information content (AvgIpc) is 3.17. The van der Waals surface area contributed by atoms with Crippen LogP contribution in [0.2, 0.25) is 0 Å². The molecular formula is C24H25N3O4. The lowest BCUT2D eigenvalue weighted by atomic mass is 10.1. The highest BCUT2D eigenvalue weighted by atomic mass is 16.5. The molecule has 3 rings (SSSR count). The Hall–Kier alpha value is -3.66. The predicted molar refractivity (Wildman–Crippen MR) is 115 cm³/mol. The monoisotopic (exact) mass is 419 g/mol. The minimum Gasteiger partial charge on any atom is -0.460 e. The third-order valence-electron chi connectivity index (χ3n) is 5.41. The first kappa shape index (κ1) is 22.0. The summed E-state index contributed by atoms with van der Waals surface area (Å²) in [6.45, 7) is 6.71. The summed E-state index contributed by atoms with van der Waals surface area (Å²) in [7, 11) is 0. The molecule has 7 heteroatoms. The van der Waals surface area contributed by atoms with E-state index in [9.17, 15) is 19.6 Å². The molecule has 160 valence electrons. The van der Waals surface area contributed by atoms with E-state index in [4.69, 9.17) is 4.74 Å². The van der Waals surface area contributed by atoms with Gasteiger partial charge in [-0.3, -0.25) is 14.5 Å². The molecule has 2 heterocycles. The predicted octanol–water partition coefficient (Wildman–Crippen LogP) is 3.65. The number of esters is 1. The van der Waals surface area contributed by atoms with E-state index >= 15 is 0 Å². The molecule has 0 fully saturated rings. The van der Waals surface area contributed by atoms with Crippen LogP contribution in [0.4, 0.5) is 0 Å². The van der Waals surface area contributed by atoms with Gasteiger partial charge >= 0.3 is 5.97 Å². The molecule has 1 aromatic heterocycles. The number of hydrogen-bond acceptors (Lipinski definition) is 5. The van der Waals surface area contributed by atoms with Gasteiger partial charge in [-0.25, -0.2) is 4.79 Å². The molecule has 0 saturated carbocycles. The smallest absolute Gasteiger partial charge is 0.348 e. The highest BCUT2D eigenvalue weighted by molar-refractivity contribution is 6.21. The first-order chi connectivity index (χ1) is 14.9. The fraction of sp³-hybridized carbons (Fsp3) is 0.333. The Morgan fingerprint density at radius 1 is 1.13 bits per heavy atom. The van der Waals surface area contributed by atoms with E-state index < -0.39 is 17.8 Å². The molecule has 0 spiro atoms. The van der Waals surface area contributed by atoms with E-state index in [1.807, 2.05) is 26.0 Å². The van der Waals surface area contributed by atoms with Crippen LogP contribution >= 0.6 is 0 Å². The summed E-state index contributed by atoms with van der Waals surface area (Å²) in [4.78, 5) is 38.2. The molecule has 1 aliphatic heterocycles. The molecule has 2 amide bonds. The Labute approximate surface area is 181 Å². The van der Waals surface area contributed by atoms with Gasteiger partial charge < -0.3 is 9.30 Å². The van der Waals surface area contributed by atoms with Gasteiger partial charge in [-0.05, 0) is 50.1 Å². The maximum atomic E-state index is 12.4. The zero-order chi connectivity index (χ0) is 22.5. The molecule has 0 aliphatic carbocycles. The lowest BCUT2D eigenvalue weighted by Gasteiger charge is -2.13. The number of unbranched alkanes of at least 4 members (excludes halogenated alkanes) is 1. The van der Waals surface area contributed by atoms with Gasteiger partial charge in [0.2, 0.25) is 0 Å². The number of hydrogen-bond donors (Lipinski definition) is 0. The summed E-state index contributed by atoms with van der Waals surface area (Å²) in [5, 5.41) is 9.43. The van der Waals surface area contributed by atoms with Crippen LogP contribution in [0.25, 0.3) is 6.08 Å². The number of rotatable bonds is 8. The van der Waals surface area contributed by atoms with Crippen LogP contribution in [0.3, 0.4) is 0 Å². The van der Waals surface area contributed by atoms with Crippen molar-refractivity contribution in [2.45, 2.75) is 40.2 Å². The maximum Gasteiger partial charge on any atom is 0.348 e. The number of benzene rings is 1. The molecule has 31 heavy (non-hydrogen) atoms. The van der Waals surface area contributed by atoms with Crippen molar-refractivity contribution in [3.05, 3.63) is 64.0 Å². The van der Waals surface area contributed by atoms with Crippen molar-refractivity contribution in [1.82, 2.24) is 9.47 Å². The molecule has 0 saturated heterocycles. The van der Waals surface area contributed by atoms with Crippen molar-refractivity contribution in [3.8, 4) is 6.07 Å². The van der Waals surface area contributed by atoms with Crippen molar-refractivity contribution in [2.75, 3.05) is 13.2 Å². The van der Waals surface area contributed by atoms with E-state index in [1.54, 1.807) is 24.3 Å². The topological polar surface area (TPSA) is 92.4 Å². The van der Waals surface area contributed by atoms with Gasteiger partial charge in [-0.1, -0.05) is 25.5 Å². The number of ether oxygens (including phenoxy) is 1. The lowest BCUT2D eigenvalue weighted by molar-refractivity contribution is -0.138. The van der Waals surface area contributed by atoms with Gasteiger partial charge in [0.05, 0.1) is 17.7 Å². The van der Waals surface area contributed by atoms with E-state index in [0.29, 0.717) is 11.1 Å². The van der Waals surface area contributed by atoms with Crippen LogP contribution < -0.4 is 0 Å². The zero-order valence-electron chi connectivity index (χ0n) is 18.0. The number of aryl methyl sites for hydroxylation is 1. The molecule has 0 unspecified atom stereocenters. The second kappa shape index (κ2) is 9.43. The molecule has 1 aromatic carbocycles. The van der Waals surface area contributed by atoms with E-state index in [1.165, 1.54) is 6.08 Å². The standard InChI is InChI=1S/C24H25N3O4/c1-4-5-10-26-16(2)13-18(17(26)3)14-19(15-25)24(30)31-12-11-27-22(28)20-8-6-7-9-21(20)23(27)29/h6-9,13-14H,4-5,10-12H2,1-3H3/b19-14+. The Bertz CT molecular complexity index is 1070. The largest absolute Gasteiger partial charge is 0.460 e. The second-order valence-corrected chi connectivity index (χ2v) is 7.44. The van der Waals surface area contributed by atoms with Crippen molar-refractivity contribution < 1.29 is 19.1 Å². The van der Waals surface area contributed by atoms with E-state index in [2.05, 4.69) is 11.5 Å². The highest BCUT2D eigenvalue weighted by Crippen LogP contribution is 2.22. The summed E-state index contributed by atoms with van der Waals surface area (Å²) < 4.78 is 7.35. The van der Waals surface area contributed by atoms with Crippen LogP contribution in [0.5, 0.6) is 0 Å². The number of carbonyl (C=O) groups is 3. The fourth-order valence-corrected chi connectivity index (χ4v) is 3.68. The minimum absolute atomic E-state index is 0.0671. The van der Waals surface area contributed by atoms with Crippen LogP contribution in [0.15, 0.2) is 35.9 Å². The Morgan fingerprint density at radius 2 is 1.77 bits per heavy atom. The average molecular weight is 419 g/mol. The molecule has 2 aromatic rings. The van der Waals surface area contributed by atoms with Gasteiger partial charge in [0.1, 0.15) is 18.2 Å². The Morgan fingerprint density at radius 3 is 2.35 bits per heavy atom. The molecule has 0 radical (unpaired) electrons. The summed E-state index contributed by atoms with van der Waals surface area (Å²) in [5.41, 5.74) is 3.40. The van der Waals surface area contributed by atoms with Crippen molar-refractivity contribution in [2.24, 2.45) is 0 Å². The molecular weight excluding hydrogens is 394 g/mol. The summed E-state index contributed by atoms with van der Waals surface area (Å²) in [6, 6.07) is 10.4. The van der Waals surface area contributed by atoms with E-state index in [-0.39, 0.29) is 18.7 Å². The normalized spacial score (nSPS) is 13.4. The van der Waals surface area contributed by atoms with Crippen LogP contribution in [-0.4, -0.2) is 40.4 Å². The summed E-state index contributed by atoms with van der Waals surface area (Å²) in [6.07, 6.45) is 3.64. The van der Waals surface area contributed by atoms with Gasteiger partial charge in [0.25, 0.3) is 11.8 Å². The molecule has 0 atom stereocenters. The third kappa shape index (κ3) is 4.43. The number of nitriles is 1. The maximum absolute atomic E-state index is 12.4. The number of nitrogens with zero attached hydrogens (tertiary/aromatic N) is 3. The summed E-state index contributed by atoms with van der Waals surface area (Å²) >= 11 is 0. The highest BCUT2D eigenvalue weighted by Gasteiger charge is 2.34. The van der Waals surface area contributed by atoms with Gasteiger partial charge in [-0.15, -0.1) is 0 Å². The van der Waals surface area contributed by atoms with Crippen LogP contribution in [-0.2, 0) is 16.1 Å². The number of amides is 2. The number of aromatic nitrogens is 1. The van der Waals surface area contributed by atoms with E-state index in [0.717, 1.165) is 41.2 Å². The molecule has 7 nitrogen and oxygen atoms in total. The fourth-order valence-electron chi connectivity index (χ4n) is 3.68. The Kier molecular flexibility index (Phi) is 6.71. The zero-order valence-corrected chi connectivity index (χ0v) is 18.0. The van der Waals surface area contributed by atoms with Crippen molar-refractivity contribution in [1.29, 1.82) is 5.26 Å². The molecule has 0 N–H and O–H groups in total. The van der Waals surface area contributed by atoms with Crippen LogP contribution in [0, 0.1) is 25.2 Å². The molecule has 1 aliphatic rings. The second-order valence-electron chi connectivity index (χ2n) is 7.44. The summed E-state index contributed by atoms with van der Waals surface area (Å²) in [5.74, 6) is -1.60. The van der Waals surface area contributed by atoms with Gasteiger partial charge in [0, 0.05) is 17.9 Å².